The van der Waals surface area contributed by atoms with Crippen LogP contribution < -0.4 is 9.47 Å². The number of anilines is 1. The molecule has 4 rings (SSSR count). The van der Waals surface area contributed by atoms with Gasteiger partial charge in [-0.3, -0.25) is 0 Å². The third kappa shape index (κ3) is 4.13. The molecule has 146 valence electrons. The van der Waals surface area contributed by atoms with Crippen molar-refractivity contribution in [1.29, 1.82) is 0 Å². The lowest BCUT2D eigenvalue weighted by Gasteiger charge is -2.17. The minimum absolute atomic E-state index is 0.0438. The zero-order valence-corrected chi connectivity index (χ0v) is 17.6. The number of nitrogens with zero attached hydrogens (tertiary/aromatic N) is 2. The van der Waals surface area contributed by atoms with Crippen molar-refractivity contribution in [2.75, 3.05) is 11.4 Å². The van der Waals surface area contributed by atoms with Crippen molar-refractivity contribution in [3.05, 3.63) is 82.9 Å². The molecule has 3 aromatic rings. The number of thiazole rings is 1. The minimum atomic E-state index is -0.842. The van der Waals surface area contributed by atoms with E-state index in [-0.39, 0.29) is 6.54 Å². The van der Waals surface area contributed by atoms with Crippen molar-refractivity contribution in [2.24, 2.45) is 0 Å². The Morgan fingerprint density at radius 2 is 1.90 bits per heavy atom. The second kappa shape index (κ2) is 8.68. The number of carboxylic acid groups (broad SMARTS) is 1. The molecule has 0 atom stereocenters. The highest BCUT2D eigenvalue weighted by Crippen LogP contribution is 2.45. The van der Waals surface area contributed by atoms with E-state index in [1.165, 1.54) is 15.6 Å². The van der Waals surface area contributed by atoms with E-state index in [9.17, 15) is 9.90 Å². The Morgan fingerprint density at radius 1 is 1.10 bits per heavy atom. The fourth-order valence-electron chi connectivity index (χ4n) is 3.32. The highest BCUT2D eigenvalue weighted by molar-refractivity contribution is 8.03. The molecule has 2 aromatic carbocycles. The molecule has 0 radical (unpaired) electrons. The zero-order chi connectivity index (χ0) is 20.2. The van der Waals surface area contributed by atoms with Gasteiger partial charge in [-0.2, -0.15) is 4.57 Å². The second-order valence-electron chi connectivity index (χ2n) is 6.45. The van der Waals surface area contributed by atoms with Crippen molar-refractivity contribution in [3.63, 3.8) is 0 Å². The summed E-state index contributed by atoms with van der Waals surface area (Å²) in [6, 6.07) is 16.3. The number of hydrogen-bond acceptors (Lipinski definition) is 4. The van der Waals surface area contributed by atoms with Crippen molar-refractivity contribution >= 4 is 51.0 Å². The van der Waals surface area contributed by atoms with Gasteiger partial charge in [-0.15, -0.1) is 0 Å². The molecule has 1 aliphatic heterocycles. The maximum Gasteiger partial charge on any atom is 0.370 e. The summed E-state index contributed by atoms with van der Waals surface area (Å²) in [6.07, 6.45) is 10.1. The average Bonchev–Trinajstić information content (AvgIpc) is 3.25. The summed E-state index contributed by atoms with van der Waals surface area (Å²) in [5.41, 5.74) is 2.21. The summed E-state index contributed by atoms with van der Waals surface area (Å²) in [6.45, 7) is 3.04. The number of rotatable bonds is 6. The monoisotopic (exact) mass is 421 g/mol. The Hall–Kier alpha value is -2.83. The van der Waals surface area contributed by atoms with Gasteiger partial charge in [-0.25, -0.2) is 4.79 Å². The minimum Gasteiger partial charge on any atom is -0.477 e. The van der Waals surface area contributed by atoms with Gasteiger partial charge in [0.05, 0.1) is 10.7 Å². The molecule has 0 saturated carbocycles. The van der Waals surface area contributed by atoms with Crippen molar-refractivity contribution in [3.8, 4) is 0 Å². The van der Waals surface area contributed by atoms with Gasteiger partial charge in [0.15, 0.2) is 0 Å². The van der Waals surface area contributed by atoms with Crippen LogP contribution in [0.1, 0.15) is 11.9 Å². The predicted molar refractivity (Wildman–Crippen MR) is 121 cm³/mol. The fraction of sp³-hybridized carbons (Fsp3) is 0.130. The molecule has 0 amide bonds. The van der Waals surface area contributed by atoms with E-state index in [4.69, 9.17) is 0 Å². The summed E-state index contributed by atoms with van der Waals surface area (Å²) in [5.74, 6) is -0.842. The molecule has 0 fully saturated rings. The van der Waals surface area contributed by atoms with Crippen LogP contribution in [0.3, 0.4) is 0 Å². The third-order valence-corrected chi connectivity index (χ3v) is 6.84. The summed E-state index contributed by atoms with van der Waals surface area (Å²) >= 11 is 3.38. The van der Waals surface area contributed by atoms with Crippen LogP contribution in [0.2, 0.25) is 0 Å². The van der Waals surface area contributed by atoms with E-state index < -0.39 is 5.97 Å². The maximum atomic E-state index is 11.3. The highest BCUT2D eigenvalue weighted by atomic mass is 32.2. The van der Waals surface area contributed by atoms with Crippen molar-refractivity contribution in [2.45, 2.75) is 18.4 Å². The lowest BCUT2D eigenvalue weighted by molar-refractivity contribution is -0.657. The first kappa shape index (κ1) is 19.5. The molecule has 0 aliphatic carbocycles. The van der Waals surface area contributed by atoms with E-state index in [0.29, 0.717) is 0 Å². The van der Waals surface area contributed by atoms with E-state index in [0.717, 1.165) is 21.8 Å². The first-order valence-corrected chi connectivity index (χ1v) is 11.0. The largest absolute Gasteiger partial charge is 0.477 e. The number of hydrogen-bond donors (Lipinski definition) is 1. The standard InChI is InChI=1S/C23H20N2O2S2/c1-2-24-17-10-6-8-12-19(17)28-21(24)14-4-3-5-15-22-25(16-23(26)27)18-11-7-9-13-20(18)29-22/h3-15H,2,16H2,1H3/p+1. The van der Waals surface area contributed by atoms with Crippen LogP contribution in [0, 0.1) is 0 Å². The molecule has 2 heterocycles. The number of fused-ring (bicyclic) bond motifs is 2. The number of carboxylic acids is 1. The predicted octanol–water partition coefficient (Wildman–Crippen LogP) is 5.32. The molecule has 1 aromatic heterocycles. The van der Waals surface area contributed by atoms with E-state index in [1.807, 2.05) is 53.1 Å². The van der Waals surface area contributed by atoms with Gasteiger partial charge in [-0.05, 0) is 31.2 Å². The molecule has 6 heteroatoms. The molecule has 1 aliphatic rings. The van der Waals surface area contributed by atoms with Gasteiger partial charge in [0.1, 0.15) is 4.70 Å². The first-order valence-electron chi connectivity index (χ1n) is 9.40. The van der Waals surface area contributed by atoms with Crippen LogP contribution in [0.25, 0.3) is 16.3 Å². The molecular formula is C23H21N2O2S2+. The molecule has 4 nitrogen and oxygen atoms in total. The van der Waals surface area contributed by atoms with E-state index in [2.05, 4.69) is 42.2 Å². The molecule has 29 heavy (non-hydrogen) atoms. The Bertz CT molecular complexity index is 1140. The quantitative estimate of drug-likeness (QED) is 0.432. The number of aromatic nitrogens is 1. The maximum absolute atomic E-state index is 11.3. The number of para-hydroxylation sites is 2. The Balaban J connectivity index is 1.53. The summed E-state index contributed by atoms with van der Waals surface area (Å²) in [7, 11) is 0. The van der Waals surface area contributed by atoms with Gasteiger partial charge in [-0.1, -0.05) is 65.6 Å². The topological polar surface area (TPSA) is 44.4 Å². The smallest absolute Gasteiger partial charge is 0.370 e. The number of allylic oxidation sites excluding steroid dienone is 4. The van der Waals surface area contributed by atoms with E-state index >= 15 is 0 Å². The molecular weight excluding hydrogens is 400 g/mol. The van der Waals surface area contributed by atoms with Crippen molar-refractivity contribution < 1.29 is 14.5 Å². The second-order valence-corrected chi connectivity index (χ2v) is 8.58. The third-order valence-electron chi connectivity index (χ3n) is 4.58. The van der Waals surface area contributed by atoms with Crippen LogP contribution in [0.15, 0.2) is 82.8 Å². The van der Waals surface area contributed by atoms with E-state index in [1.54, 1.807) is 23.1 Å². The van der Waals surface area contributed by atoms with Crippen LogP contribution in [0.4, 0.5) is 5.69 Å². The van der Waals surface area contributed by atoms with Gasteiger partial charge in [0, 0.05) is 23.6 Å². The molecule has 0 saturated heterocycles. The summed E-state index contributed by atoms with van der Waals surface area (Å²) in [4.78, 5) is 14.9. The summed E-state index contributed by atoms with van der Waals surface area (Å²) < 4.78 is 2.92. The van der Waals surface area contributed by atoms with Gasteiger partial charge in [0.25, 0.3) is 5.01 Å². The normalized spacial score (nSPS) is 15.2. The Kier molecular flexibility index (Phi) is 5.83. The van der Waals surface area contributed by atoms with Gasteiger partial charge in [0.2, 0.25) is 12.1 Å². The molecule has 1 N–H and O–H groups in total. The average molecular weight is 422 g/mol. The first-order chi connectivity index (χ1) is 14.2. The highest BCUT2D eigenvalue weighted by Gasteiger charge is 2.22. The van der Waals surface area contributed by atoms with Gasteiger partial charge >= 0.3 is 5.97 Å². The Labute approximate surface area is 178 Å². The zero-order valence-electron chi connectivity index (χ0n) is 16.0. The number of benzene rings is 2. The van der Waals surface area contributed by atoms with Crippen LogP contribution in [-0.4, -0.2) is 17.6 Å². The lowest BCUT2D eigenvalue weighted by atomic mass is 10.3. The SMILES string of the molecule is CCN1C(=CC=CC=Cc2sc3ccccc3[n+]2CC(=O)O)Sc2ccccc21. The fourth-order valence-corrected chi connectivity index (χ4v) is 5.53. The number of carbonyl (C=O) groups is 1. The molecule has 0 bridgehead atoms. The van der Waals surface area contributed by atoms with Gasteiger partial charge < -0.3 is 10.0 Å². The lowest BCUT2D eigenvalue weighted by Crippen LogP contribution is -2.39. The summed E-state index contributed by atoms with van der Waals surface area (Å²) in [5, 5.41) is 11.4. The molecule has 0 spiro atoms. The van der Waals surface area contributed by atoms with Crippen LogP contribution in [-0.2, 0) is 11.3 Å². The Morgan fingerprint density at radius 3 is 2.72 bits per heavy atom. The number of thioether (sulfide) groups is 1. The van der Waals surface area contributed by atoms with Crippen LogP contribution in [0.5, 0.6) is 0 Å². The van der Waals surface area contributed by atoms with Crippen molar-refractivity contribution in [1.82, 2.24) is 0 Å². The molecule has 0 unspecified atom stereocenters. The number of aliphatic carboxylic acids is 1. The van der Waals surface area contributed by atoms with Crippen LogP contribution >= 0.6 is 23.1 Å².